The van der Waals surface area contributed by atoms with Crippen LogP contribution < -0.4 is 5.73 Å². The zero-order valence-corrected chi connectivity index (χ0v) is 8.75. The van der Waals surface area contributed by atoms with Crippen LogP contribution in [-0.4, -0.2) is 18.7 Å². The Hall–Kier alpha value is -2.02. The fourth-order valence-electron chi connectivity index (χ4n) is 1.47. The molecule has 1 aromatic carbocycles. The van der Waals surface area contributed by atoms with Gasteiger partial charge in [-0.05, 0) is 12.1 Å². The number of nitrogen functional groups attached to an aromatic ring is 1. The maximum atomic E-state index is 13.4. The average Bonchev–Trinajstić information content (AvgIpc) is 2.84. The first-order valence-electron chi connectivity index (χ1n) is 4.48. The fraction of sp³-hybridized carbons (Fsp3) is 0. The molecule has 3 aromatic rings. The first-order valence-corrected chi connectivity index (χ1v) is 5.21. The highest BCUT2D eigenvalue weighted by Gasteiger charge is 2.13. The van der Waals surface area contributed by atoms with Crippen molar-refractivity contribution in [2.24, 2.45) is 0 Å². The Morgan fingerprint density at radius 2 is 2.19 bits per heavy atom. The maximum absolute atomic E-state index is 13.4. The number of rotatable bonds is 1. The van der Waals surface area contributed by atoms with Crippen molar-refractivity contribution in [2.45, 2.75) is 0 Å². The van der Waals surface area contributed by atoms with E-state index in [0.717, 1.165) is 11.7 Å². The summed E-state index contributed by atoms with van der Waals surface area (Å²) in [6, 6.07) is 4.71. The van der Waals surface area contributed by atoms with Gasteiger partial charge in [0.1, 0.15) is 5.52 Å². The van der Waals surface area contributed by atoms with Crippen molar-refractivity contribution in [1.29, 1.82) is 0 Å². The van der Waals surface area contributed by atoms with Crippen molar-refractivity contribution in [1.82, 2.24) is 18.7 Å². The van der Waals surface area contributed by atoms with Gasteiger partial charge in [0.05, 0.1) is 17.2 Å². The molecule has 0 saturated heterocycles. The number of fused-ring (bicyclic) bond motifs is 1. The molecule has 5 nitrogen and oxygen atoms in total. The van der Waals surface area contributed by atoms with Crippen LogP contribution >= 0.6 is 11.7 Å². The number of nitrogens with one attached hydrogen (secondary N) is 1. The lowest BCUT2D eigenvalue weighted by atomic mass is 10.3. The highest BCUT2D eigenvalue weighted by molar-refractivity contribution is 6.99. The highest BCUT2D eigenvalue weighted by Crippen LogP contribution is 2.24. The van der Waals surface area contributed by atoms with E-state index in [1.807, 2.05) is 0 Å². The van der Waals surface area contributed by atoms with Crippen LogP contribution in [0.2, 0.25) is 0 Å². The number of halogens is 1. The Morgan fingerprint density at radius 3 is 2.88 bits per heavy atom. The molecule has 0 fully saturated rings. The molecule has 0 atom stereocenters. The van der Waals surface area contributed by atoms with E-state index < -0.39 is 0 Å². The number of anilines is 1. The average molecular weight is 235 g/mol. The quantitative estimate of drug-likeness (QED) is 0.674. The molecule has 0 unspecified atom stereocenters. The zero-order valence-electron chi connectivity index (χ0n) is 7.94. The lowest BCUT2D eigenvalue weighted by molar-refractivity contribution is 0.637. The van der Waals surface area contributed by atoms with E-state index in [4.69, 9.17) is 5.73 Å². The van der Waals surface area contributed by atoms with Crippen LogP contribution in [0.25, 0.3) is 22.6 Å². The summed E-state index contributed by atoms with van der Waals surface area (Å²) in [7, 11) is 0. The first-order chi connectivity index (χ1) is 7.75. The van der Waals surface area contributed by atoms with Crippen LogP contribution in [0.1, 0.15) is 0 Å². The molecule has 0 aliphatic carbocycles. The van der Waals surface area contributed by atoms with E-state index in [1.54, 1.807) is 12.1 Å². The predicted molar refractivity (Wildman–Crippen MR) is 59.4 cm³/mol. The topological polar surface area (TPSA) is 80.5 Å². The van der Waals surface area contributed by atoms with Crippen LogP contribution in [0.3, 0.4) is 0 Å². The van der Waals surface area contributed by atoms with Crippen molar-refractivity contribution < 1.29 is 4.39 Å². The first kappa shape index (κ1) is 9.22. The fourth-order valence-corrected chi connectivity index (χ4v) is 1.95. The number of imidazole rings is 1. The van der Waals surface area contributed by atoms with Crippen LogP contribution in [0.4, 0.5) is 10.2 Å². The Labute approximate surface area is 93.5 Å². The van der Waals surface area contributed by atoms with Gasteiger partial charge in [-0.1, -0.05) is 6.07 Å². The number of benzene rings is 1. The van der Waals surface area contributed by atoms with Crippen molar-refractivity contribution in [3.8, 4) is 11.5 Å². The van der Waals surface area contributed by atoms with Crippen molar-refractivity contribution in [3.05, 3.63) is 24.0 Å². The molecule has 0 aliphatic rings. The van der Waals surface area contributed by atoms with Crippen LogP contribution in [0, 0.1) is 5.82 Å². The SMILES string of the molecule is Nc1nsnc1-c1nc2c(F)cccc2[nH]1. The molecule has 0 amide bonds. The molecule has 0 spiro atoms. The molecule has 3 rings (SSSR count). The molecule has 0 bridgehead atoms. The summed E-state index contributed by atoms with van der Waals surface area (Å²) in [6.45, 7) is 0. The summed E-state index contributed by atoms with van der Waals surface area (Å²) in [6.07, 6.45) is 0. The van der Waals surface area contributed by atoms with Crippen molar-refractivity contribution in [2.75, 3.05) is 5.73 Å². The number of hydrogen-bond acceptors (Lipinski definition) is 5. The van der Waals surface area contributed by atoms with Gasteiger partial charge < -0.3 is 10.7 Å². The molecule has 80 valence electrons. The van der Waals surface area contributed by atoms with Gasteiger partial charge >= 0.3 is 0 Å². The summed E-state index contributed by atoms with van der Waals surface area (Å²) in [4.78, 5) is 7.06. The van der Waals surface area contributed by atoms with E-state index in [1.165, 1.54) is 6.07 Å². The van der Waals surface area contributed by atoms with Gasteiger partial charge in [-0.3, -0.25) is 0 Å². The normalized spacial score (nSPS) is 11.1. The van der Waals surface area contributed by atoms with Crippen molar-refractivity contribution in [3.63, 3.8) is 0 Å². The van der Waals surface area contributed by atoms with Gasteiger partial charge in [-0.15, -0.1) is 0 Å². The van der Waals surface area contributed by atoms with Gasteiger partial charge in [0.25, 0.3) is 0 Å². The third-order valence-electron chi connectivity index (χ3n) is 2.20. The van der Waals surface area contributed by atoms with E-state index in [9.17, 15) is 4.39 Å². The number of nitrogens with zero attached hydrogens (tertiary/aromatic N) is 3. The molecule has 2 heterocycles. The van der Waals surface area contributed by atoms with Crippen molar-refractivity contribution >= 4 is 28.6 Å². The Balaban J connectivity index is 2.27. The minimum absolute atomic E-state index is 0.282. The number of H-pyrrole nitrogens is 1. The third kappa shape index (κ3) is 1.25. The van der Waals surface area contributed by atoms with E-state index >= 15 is 0 Å². The zero-order chi connectivity index (χ0) is 11.1. The molecule has 0 saturated carbocycles. The van der Waals surface area contributed by atoms with Crippen LogP contribution in [0.15, 0.2) is 18.2 Å². The van der Waals surface area contributed by atoms with Gasteiger partial charge in [0, 0.05) is 0 Å². The summed E-state index contributed by atoms with van der Waals surface area (Å²) >= 11 is 0.996. The van der Waals surface area contributed by atoms with Crippen LogP contribution in [-0.2, 0) is 0 Å². The minimum Gasteiger partial charge on any atom is -0.381 e. The second-order valence-electron chi connectivity index (χ2n) is 3.22. The van der Waals surface area contributed by atoms with Gasteiger partial charge in [-0.25, -0.2) is 9.37 Å². The largest absolute Gasteiger partial charge is 0.381 e. The number of aromatic amines is 1. The van der Waals surface area contributed by atoms with Gasteiger partial charge in [0.2, 0.25) is 0 Å². The molecule has 0 radical (unpaired) electrons. The van der Waals surface area contributed by atoms with E-state index in [2.05, 4.69) is 18.7 Å². The molecular formula is C9H6FN5S. The second kappa shape index (κ2) is 3.24. The van der Waals surface area contributed by atoms with E-state index in [-0.39, 0.29) is 11.3 Å². The maximum Gasteiger partial charge on any atom is 0.168 e. The Morgan fingerprint density at radius 1 is 1.31 bits per heavy atom. The smallest absolute Gasteiger partial charge is 0.168 e. The molecule has 3 N–H and O–H groups in total. The Bertz CT molecular complexity index is 659. The molecule has 0 aliphatic heterocycles. The monoisotopic (exact) mass is 235 g/mol. The molecular weight excluding hydrogens is 229 g/mol. The Kier molecular flexibility index (Phi) is 1.87. The van der Waals surface area contributed by atoms with Gasteiger partial charge in [-0.2, -0.15) is 8.75 Å². The number of hydrogen-bond donors (Lipinski definition) is 2. The standard InChI is InChI=1S/C9H6FN5S/c10-4-2-1-3-5-6(4)13-9(12-5)7-8(11)15-16-14-7/h1-3H,(H2,11,15)(H,12,13). The summed E-state index contributed by atoms with van der Waals surface area (Å²) in [5.74, 6) is 0.359. The third-order valence-corrected chi connectivity index (χ3v) is 2.74. The second-order valence-corrected chi connectivity index (χ2v) is 3.75. The number of para-hydroxylation sites is 1. The molecule has 2 aromatic heterocycles. The summed E-state index contributed by atoms with van der Waals surface area (Å²) in [5.41, 5.74) is 6.97. The van der Waals surface area contributed by atoms with Crippen LogP contribution in [0.5, 0.6) is 0 Å². The lowest BCUT2D eigenvalue weighted by Gasteiger charge is -1.88. The molecule has 7 heteroatoms. The molecule has 16 heavy (non-hydrogen) atoms. The van der Waals surface area contributed by atoms with E-state index in [0.29, 0.717) is 22.9 Å². The number of nitrogens with two attached hydrogens (primary N) is 1. The number of aromatic nitrogens is 4. The highest BCUT2D eigenvalue weighted by atomic mass is 32.1. The lowest BCUT2D eigenvalue weighted by Crippen LogP contribution is -1.89. The summed E-state index contributed by atoms with van der Waals surface area (Å²) in [5, 5.41) is 0. The minimum atomic E-state index is -0.373. The van der Waals surface area contributed by atoms with Gasteiger partial charge in [0.15, 0.2) is 23.2 Å². The predicted octanol–water partition coefficient (Wildman–Crippen LogP) is 1.80. The summed E-state index contributed by atoms with van der Waals surface area (Å²) < 4.78 is 21.2.